The van der Waals surface area contributed by atoms with E-state index in [-0.39, 0.29) is 42.7 Å². The lowest BCUT2D eigenvalue weighted by molar-refractivity contribution is -0.889. The molecule has 0 heterocycles. The number of nitrogens with zero attached hydrogens (tertiary/aromatic N) is 1. The Labute approximate surface area is 390 Å². The quantitative estimate of drug-likeness (QED) is 0.0259. The van der Waals surface area contributed by atoms with E-state index in [0.717, 1.165) is 51.4 Å². The molecule has 0 radical (unpaired) electrons. The van der Waals surface area contributed by atoms with Crippen LogP contribution in [0.1, 0.15) is 258 Å². The summed E-state index contributed by atoms with van der Waals surface area (Å²) in [6, 6.07) is -0.725. The number of quaternary nitrogens is 1. The SMILES string of the molecule is CCCCCCCCCCC/C=C/C/C=C/CCCCCCCCCC(=O)OC(COCCC(C(=O)[O-])[N+](C)(C)C)COC(=O)CCCCCCCCCCCCCCCCCC. The van der Waals surface area contributed by atoms with E-state index < -0.39 is 18.1 Å². The zero-order valence-electron chi connectivity index (χ0n) is 42.3. The molecule has 63 heavy (non-hydrogen) atoms. The summed E-state index contributed by atoms with van der Waals surface area (Å²) in [5.74, 6) is -1.73. The normalized spacial score (nSPS) is 13.0. The molecule has 0 spiro atoms. The Morgan fingerprint density at radius 2 is 0.841 bits per heavy atom. The first-order valence-corrected chi connectivity index (χ1v) is 26.9. The molecule has 2 atom stereocenters. The summed E-state index contributed by atoms with van der Waals surface area (Å²) in [6.45, 7) is 4.70. The average molecular weight is 890 g/mol. The van der Waals surface area contributed by atoms with Crippen LogP contribution in [-0.4, -0.2) is 75.5 Å². The molecule has 0 aliphatic carbocycles. The number of hydrogen-bond acceptors (Lipinski definition) is 7. The molecule has 8 nitrogen and oxygen atoms in total. The van der Waals surface area contributed by atoms with Gasteiger partial charge in [0.15, 0.2) is 6.10 Å². The second-order valence-corrected chi connectivity index (χ2v) is 19.5. The lowest BCUT2D eigenvalue weighted by Gasteiger charge is -2.34. The molecule has 0 aromatic heterocycles. The fourth-order valence-corrected chi connectivity index (χ4v) is 8.16. The van der Waals surface area contributed by atoms with Crippen LogP contribution >= 0.6 is 0 Å². The van der Waals surface area contributed by atoms with Crippen molar-refractivity contribution in [1.29, 1.82) is 0 Å². The molecule has 0 aromatic rings. The monoisotopic (exact) mass is 890 g/mol. The molecule has 0 aromatic carbocycles. The number of carbonyl (C=O) groups excluding carboxylic acids is 3. The number of carbonyl (C=O) groups is 3. The van der Waals surface area contributed by atoms with Gasteiger partial charge in [0.05, 0.1) is 40.3 Å². The molecule has 370 valence electrons. The minimum absolute atomic E-state index is 0.0419. The lowest BCUT2D eigenvalue weighted by Crippen LogP contribution is -2.55. The van der Waals surface area contributed by atoms with Crippen molar-refractivity contribution < 1.29 is 38.2 Å². The van der Waals surface area contributed by atoms with E-state index >= 15 is 0 Å². The summed E-state index contributed by atoms with van der Waals surface area (Å²) in [7, 11) is 5.42. The zero-order chi connectivity index (χ0) is 46.3. The summed E-state index contributed by atoms with van der Waals surface area (Å²) >= 11 is 0. The third kappa shape index (κ3) is 44.8. The third-order valence-electron chi connectivity index (χ3n) is 12.3. The molecule has 0 amide bonds. The van der Waals surface area contributed by atoms with Crippen LogP contribution in [0.2, 0.25) is 0 Å². The number of allylic oxidation sites excluding steroid dienone is 4. The molecule has 0 saturated heterocycles. The number of esters is 2. The summed E-state index contributed by atoms with van der Waals surface area (Å²) in [5, 5.41) is 11.7. The number of likely N-dealkylation sites (N-methyl/N-ethyl adjacent to an activating group) is 1. The fourth-order valence-electron chi connectivity index (χ4n) is 8.16. The smallest absolute Gasteiger partial charge is 0.306 e. The predicted molar refractivity (Wildman–Crippen MR) is 264 cm³/mol. The summed E-state index contributed by atoms with van der Waals surface area (Å²) in [5.41, 5.74) is 0. The Bertz CT molecular complexity index is 1080. The molecule has 0 aliphatic heterocycles. The number of unbranched alkanes of at least 4 members (excludes halogenated alkanes) is 31. The Balaban J connectivity index is 4.20. The highest BCUT2D eigenvalue weighted by Crippen LogP contribution is 2.16. The van der Waals surface area contributed by atoms with Gasteiger partial charge in [0.25, 0.3) is 0 Å². The van der Waals surface area contributed by atoms with Crippen LogP contribution in [0.3, 0.4) is 0 Å². The van der Waals surface area contributed by atoms with Gasteiger partial charge in [-0.3, -0.25) is 9.59 Å². The van der Waals surface area contributed by atoms with E-state index in [9.17, 15) is 19.5 Å². The second kappa shape index (κ2) is 46.3. The second-order valence-electron chi connectivity index (χ2n) is 19.5. The first-order valence-electron chi connectivity index (χ1n) is 26.9. The molecular formula is C55H103NO7. The van der Waals surface area contributed by atoms with Crippen LogP contribution in [-0.2, 0) is 28.6 Å². The van der Waals surface area contributed by atoms with Gasteiger partial charge in [-0.25, -0.2) is 0 Å². The van der Waals surface area contributed by atoms with E-state index in [1.165, 1.54) is 173 Å². The number of carboxylic acid groups (broad SMARTS) is 1. The van der Waals surface area contributed by atoms with Crippen LogP contribution in [0.15, 0.2) is 24.3 Å². The van der Waals surface area contributed by atoms with Gasteiger partial charge in [0, 0.05) is 19.3 Å². The molecule has 0 bridgehead atoms. The van der Waals surface area contributed by atoms with Crippen LogP contribution in [0.25, 0.3) is 0 Å². The van der Waals surface area contributed by atoms with Crippen molar-refractivity contribution in [3.8, 4) is 0 Å². The van der Waals surface area contributed by atoms with Gasteiger partial charge < -0.3 is 28.6 Å². The van der Waals surface area contributed by atoms with Crippen molar-refractivity contribution in [3.05, 3.63) is 24.3 Å². The highest BCUT2D eigenvalue weighted by molar-refractivity contribution is 5.70. The zero-order valence-corrected chi connectivity index (χ0v) is 42.3. The van der Waals surface area contributed by atoms with Gasteiger partial charge >= 0.3 is 11.9 Å². The van der Waals surface area contributed by atoms with Gasteiger partial charge in [-0.1, -0.05) is 218 Å². The Hall–Kier alpha value is -2.19. The van der Waals surface area contributed by atoms with E-state index in [1.807, 2.05) is 21.1 Å². The standard InChI is InChI=1S/C55H103NO7/c1-6-8-10-12-14-16-18-20-22-24-25-26-27-28-29-30-32-34-36-38-40-42-44-46-54(58)63-51(49-61-48-47-52(55(59)60)56(3,4)5)50-62-53(57)45-43-41-39-37-35-33-31-23-21-19-17-15-13-11-9-7-2/h25-26,28-29,51-52H,6-24,27,30-50H2,1-5H3/b26-25+,29-28+. The van der Waals surface area contributed by atoms with Crippen LogP contribution in [0.4, 0.5) is 0 Å². The number of rotatable bonds is 49. The molecule has 0 rings (SSSR count). The van der Waals surface area contributed by atoms with E-state index in [0.29, 0.717) is 12.8 Å². The number of carboxylic acids is 1. The Morgan fingerprint density at radius 1 is 0.476 bits per heavy atom. The Morgan fingerprint density at radius 3 is 1.22 bits per heavy atom. The minimum atomic E-state index is -1.12. The van der Waals surface area contributed by atoms with E-state index in [1.54, 1.807) is 0 Å². The van der Waals surface area contributed by atoms with Crippen molar-refractivity contribution in [3.63, 3.8) is 0 Å². The van der Waals surface area contributed by atoms with Crippen molar-refractivity contribution in [2.75, 3.05) is 41.0 Å². The maximum absolute atomic E-state index is 12.8. The first-order chi connectivity index (χ1) is 30.6. The fraction of sp³-hybridized carbons (Fsp3) is 0.873. The average Bonchev–Trinajstić information content (AvgIpc) is 3.24. The lowest BCUT2D eigenvalue weighted by atomic mass is 10.0. The van der Waals surface area contributed by atoms with Gasteiger partial charge in [-0.05, 0) is 44.9 Å². The molecule has 0 saturated carbocycles. The summed E-state index contributed by atoms with van der Waals surface area (Å²) in [6.07, 6.45) is 53.5. The van der Waals surface area contributed by atoms with Gasteiger partial charge in [0.2, 0.25) is 0 Å². The van der Waals surface area contributed by atoms with Crippen LogP contribution < -0.4 is 5.11 Å². The predicted octanol–water partition coefficient (Wildman–Crippen LogP) is 14.3. The van der Waals surface area contributed by atoms with Crippen molar-refractivity contribution in [1.82, 2.24) is 0 Å². The number of ether oxygens (including phenoxy) is 3. The first kappa shape index (κ1) is 60.8. The van der Waals surface area contributed by atoms with Gasteiger partial charge in [0.1, 0.15) is 12.6 Å². The highest BCUT2D eigenvalue weighted by Gasteiger charge is 2.25. The number of hydrogen-bond donors (Lipinski definition) is 0. The molecular weight excluding hydrogens is 787 g/mol. The number of aliphatic carboxylic acids is 1. The molecule has 8 heteroatoms. The van der Waals surface area contributed by atoms with Crippen LogP contribution in [0, 0.1) is 0 Å². The van der Waals surface area contributed by atoms with Crippen molar-refractivity contribution in [2.45, 2.75) is 270 Å². The van der Waals surface area contributed by atoms with Gasteiger partial charge in [-0.2, -0.15) is 0 Å². The maximum Gasteiger partial charge on any atom is 0.306 e. The molecule has 2 unspecified atom stereocenters. The molecule has 0 fully saturated rings. The van der Waals surface area contributed by atoms with E-state index in [4.69, 9.17) is 14.2 Å². The van der Waals surface area contributed by atoms with E-state index in [2.05, 4.69) is 38.2 Å². The maximum atomic E-state index is 12.8. The molecule has 0 N–H and O–H groups in total. The van der Waals surface area contributed by atoms with Gasteiger partial charge in [-0.15, -0.1) is 0 Å². The summed E-state index contributed by atoms with van der Waals surface area (Å²) in [4.78, 5) is 37.1. The summed E-state index contributed by atoms with van der Waals surface area (Å²) < 4.78 is 17.3. The largest absolute Gasteiger partial charge is 0.544 e. The highest BCUT2D eigenvalue weighted by atomic mass is 16.6. The molecule has 0 aliphatic rings. The van der Waals surface area contributed by atoms with Crippen LogP contribution in [0.5, 0.6) is 0 Å². The van der Waals surface area contributed by atoms with Crippen molar-refractivity contribution >= 4 is 17.9 Å². The third-order valence-corrected chi connectivity index (χ3v) is 12.3. The minimum Gasteiger partial charge on any atom is -0.544 e. The van der Waals surface area contributed by atoms with Crippen molar-refractivity contribution in [2.24, 2.45) is 0 Å². The topological polar surface area (TPSA) is 102 Å². The Kier molecular flexibility index (Phi) is 44.7.